The number of benzene rings is 3. The molecule has 1 heterocycles. The Morgan fingerprint density at radius 3 is 2.43 bits per heavy atom. The molecule has 3 aromatic carbocycles. The number of carbonyl (C=O) groups is 1. The number of halogens is 2. The fraction of sp³-hybridized carbons (Fsp3) is 0.0455. The summed E-state index contributed by atoms with van der Waals surface area (Å²) in [4.78, 5) is 12.4. The highest BCUT2D eigenvalue weighted by Gasteiger charge is 2.19. The Morgan fingerprint density at radius 2 is 1.67 bits per heavy atom. The van der Waals surface area contributed by atoms with Crippen molar-refractivity contribution in [2.24, 2.45) is 0 Å². The molecule has 0 aliphatic rings. The smallest absolute Gasteiger partial charge is 0.234 e. The van der Waals surface area contributed by atoms with E-state index in [-0.39, 0.29) is 11.7 Å². The zero-order valence-electron chi connectivity index (χ0n) is 15.6. The molecule has 0 saturated carbocycles. The van der Waals surface area contributed by atoms with Crippen molar-refractivity contribution in [3.05, 3.63) is 89.7 Å². The number of para-hydroxylation sites is 2. The number of nitrogens with one attached hydrogen (secondary N) is 1. The molecule has 1 aromatic heterocycles. The molecule has 0 radical (unpaired) electrons. The second-order valence-corrected chi connectivity index (χ2v) is 7.62. The lowest BCUT2D eigenvalue weighted by molar-refractivity contribution is -0.113. The second-order valence-electron chi connectivity index (χ2n) is 6.27. The van der Waals surface area contributed by atoms with Gasteiger partial charge < -0.3 is 5.32 Å². The summed E-state index contributed by atoms with van der Waals surface area (Å²) in [5.41, 5.74) is 1.65. The quantitative estimate of drug-likeness (QED) is 0.406. The van der Waals surface area contributed by atoms with Gasteiger partial charge in [-0.2, -0.15) is 0 Å². The third-order valence-electron chi connectivity index (χ3n) is 4.24. The van der Waals surface area contributed by atoms with Crippen molar-refractivity contribution in [1.82, 2.24) is 14.8 Å². The molecule has 8 heteroatoms. The summed E-state index contributed by atoms with van der Waals surface area (Å²) < 4.78 is 16.2. The van der Waals surface area contributed by atoms with Crippen LogP contribution in [0.25, 0.3) is 17.1 Å². The molecule has 1 N–H and O–H groups in total. The number of aromatic nitrogens is 3. The second kappa shape index (κ2) is 9.11. The lowest BCUT2D eigenvalue weighted by Crippen LogP contribution is -2.14. The molecule has 4 aromatic rings. The van der Waals surface area contributed by atoms with Gasteiger partial charge in [0.25, 0.3) is 0 Å². The van der Waals surface area contributed by atoms with Crippen LogP contribution in [0.4, 0.5) is 10.1 Å². The van der Waals surface area contributed by atoms with Gasteiger partial charge in [-0.05, 0) is 36.4 Å². The van der Waals surface area contributed by atoms with E-state index >= 15 is 0 Å². The minimum Gasteiger partial charge on any atom is -0.324 e. The molecule has 0 spiro atoms. The standard InChI is InChI=1S/C22H16ClFN4OS/c23-17-11-5-7-13-19(17)25-20(29)14-30-22-27-26-21(16-10-4-6-12-18(16)24)28(22)15-8-2-1-3-9-15/h1-13H,14H2,(H,25,29). The lowest BCUT2D eigenvalue weighted by atomic mass is 10.2. The zero-order valence-corrected chi connectivity index (χ0v) is 17.2. The van der Waals surface area contributed by atoms with Crippen molar-refractivity contribution >= 4 is 35.0 Å². The molecule has 0 atom stereocenters. The number of nitrogens with zero attached hydrogens (tertiary/aromatic N) is 3. The van der Waals surface area contributed by atoms with E-state index < -0.39 is 5.82 Å². The van der Waals surface area contributed by atoms with Gasteiger partial charge in [-0.3, -0.25) is 9.36 Å². The number of hydrogen-bond acceptors (Lipinski definition) is 4. The summed E-state index contributed by atoms with van der Waals surface area (Å²) in [6.07, 6.45) is 0. The van der Waals surface area contributed by atoms with E-state index in [1.807, 2.05) is 30.3 Å². The summed E-state index contributed by atoms with van der Waals surface area (Å²) in [5, 5.41) is 12.1. The van der Waals surface area contributed by atoms with Crippen LogP contribution < -0.4 is 5.32 Å². The number of thioether (sulfide) groups is 1. The Bertz CT molecular complexity index is 1180. The van der Waals surface area contributed by atoms with Crippen molar-refractivity contribution in [2.75, 3.05) is 11.1 Å². The van der Waals surface area contributed by atoms with Gasteiger partial charge >= 0.3 is 0 Å². The van der Waals surface area contributed by atoms with Crippen molar-refractivity contribution in [3.8, 4) is 17.1 Å². The molecule has 4 rings (SSSR count). The molecule has 0 bridgehead atoms. The van der Waals surface area contributed by atoms with Crippen LogP contribution in [0.5, 0.6) is 0 Å². The molecular formula is C22H16ClFN4OS. The maximum atomic E-state index is 14.4. The Morgan fingerprint density at radius 1 is 0.967 bits per heavy atom. The van der Waals surface area contributed by atoms with Crippen LogP contribution in [0.3, 0.4) is 0 Å². The minimum atomic E-state index is -0.393. The minimum absolute atomic E-state index is 0.0907. The summed E-state index contributed by atoms with van der Waals surface area (Å²) >= 11 is 7.30. The van der Waals surface area contributed by atoms with E-state index in [1.165, 1.54) is 17.8 Å². The van der Waals surface area contributed by atoms with E-state index in [0.29, 0.717) is 27.3 Å². The van der Waals surface area contributed by atoms with Crippen LogP contribution in [0.15, 0.2) is 84.0 Å². The first-order valence-corrected chi connectivity index (χ1v) is 10.4. The Balaban J connectivity index is 1.61. The van der Waals surface area contributed by atoms with E-state index in [4.69, 9.17) is 11.6 Å². The average Bonchev–Trinajstić information content (AvgIpc) is 3.18. The molecule has 0 aliphatic carbocycles. The van der Waals surface area contributed by atoms with Gasteiger partial charge in [0, 0.05) is 5.69 Å². The fourth-order valence-corrected chi connectivity index (χ4v) is 3.80. The van der Waals surface area contributed by atoms with Crippen LogP contribution in [0.1, 0.15) is 0 Å². The van der Waals surface area contributed by atoms with Crippen molar-refractivity contribution in [3.63, 3.8) is 0 Å². The van der Waals surface area contributed by atoms with Crippen molar-refractivity contribution < 1.29 is 9.18 Å². The van der Waals surface area contributed by atoms with Gasteiger partial charge in [0.15, 0.2) is 11.0 Å². The molecular weight excluding hydrogens is 423 g/mol. The third kappa shape index (κ3) is 4.37. The van der Waals surface area contributed by atoms with Gasteiger partial charge in [-0.25, -0.2) is 4.39 Å². The molecule has 5 nitrogen and oxygen atoms in total. The maximum absolute atomic E-state index is 14.4. The summed E-state index contributed by atoms with van der Waals surface area (Å²) in [5.74, 6) is -0.167. The Kier molecular flexibility index (Phi) is 6.11. The van der Waals surface area contributed by atoms with Gasteiger partial charge in [-0.1, -0.05) is 65.8 Å². The van der Waals surface area contributed by atoms with E-state index in [1.54, 1.807) is 47.0 Å². The normalized spacial score (nSPS) is 10.7. The predicted octanol–water partition coefficient (Wildman–Crippen LogP) is 5.46. The van der Waals surface area contributed by atoms with Gasteiger partial charge in [0.2, 0.25) is 5.91 Å². The molecule has 0 unspecified atom stereocenters. The summed E-state index contributed by atoms with van der Waals surface area (Å²) in [6, 6.07) is 22.8. The fourth-order valence-electron chi connectivity index (χ4n) is 2.87. The highest BCUT2D eigenvalue weighted by atomic mass is 35.5. The van der Waals surface area contributed by atoms with Crippen LogP contribution in [0, 0.1) is 5.82 Å². The summed E-state index contributed by atoms with van der Waals surface area (Å²) in [7, 11) is 0. The predicted molar refractivity (Wildman–Crippen MR) is 118 cm³/mol. The van der Waals surface area contributed by atoms with Crippen LogP contribution >= 0.6 is 23.4 Å². The number of hydrogen-bond donors (Lipinski definition) is 1. The highest BCUT2D eigenvalue weighted by Crippen LogP contribution is 2.29. The molecule has 30 heavy (non-hydrogen) atoms. The first-order valence-electron chi connectivity index (χ1n) is 9.06. The van der Waals surface area contributed by atoms with E-state index in [2.05, 4.69) is 15.5 Å². The highest BCUT2D eigenvalue weighted by molar-refractivity contribution is 7.99. The first-order chi connectivity index (χ1) is 14.6. The Hall–Kier alpha value is -3.16. The molecule has 1 amide bonds. The van der Waals surface area contributed by atoms with Gasteiger partial charge in [0.1, 0.15) is 5.82 Å². The number of anilines is 1. The maximum Gasteiger partial charge on any atom is 0.234 e. The van der Waals surface area contributed by atoms with Gasteiger partial charge in [0.05, 0.1) is 22.0 Å². The van der Waals surface area contributed by atoms with E-state index in [9.17, 15) is 9.18 Å². The third-order valence-corrected chi connectivity index (χ3v) is 5.50. The lowest BCUT2D eigenvalue weighted by Gasteiger charge is -2.11. The summed E-state index contributed by atoms with van der Waals surface area (Å²) in [6.45, 7) is 0. The van der Waals surface area contributed by atoms with E-state index in [0.717, 1.165) is 5.69 Å². The van der Waals surface area contributed by atoms with Gasteiger partial charge in [-0.15, -0.1) is 10.2 Å². The largest absolute Gasteiger partial charge is 0.324 e. The van der Waals surface area contributed by atoms with Crippen LogP contribution in [-0.2, 0) is 4.79 Å². The molecule has 150 valence electrons. The molecule has 0 saturated heterocycles. The molecule has 0 fully saturated rings. The number of carbonyl (C=O) groups excluding carboxylic acids is 1. The van der Waals surface area contributed by atoms with Crippen LogP contribution in [0.2, 0.25) is 5.02 Å². The topological polar surface area (TPSA) is 59.8 Å². The number of amides is 1. The number of rotatable bonds is 6. The van der Waals surface area contributed by atoms with Crippen molar-refractivity contribution in [1.29, 1.82) is 0 Å². The zero-order chi connectivity index (χ0) is 20.9. The molecule has 0 aliphatic heterocycles. The van der Waals surface area contributed by atoms with Crippen molar-refractivity contribution in [2.45, 2.75) is 5.16 Å². The Labute approximate surface area is 181 Å². The monoisotopic (exact) mass is 438 g/mol. The SMILES string of the molecule is O=C(CSc1nnc(-c2ccccc2F)n1-c1ccccc1)Nc1ccccc1Cl. The van der Waals surface area contributed by atoms with Crippen LogP contribution in [-0.4, -0.2) is 26.4 Å². The average molecular weight is 439 g/mol. The first kappa shape index (κ1) is 20.1.